The smallest absolute Gasteiger partial charge is 0.179 e. The van der Waals surface area contributed by atoms with E-state index in [9.17, 15) is 8.42 Å². The van der Waals surface area contributed by atoms with Crippen LogP contribution in [0.5, 0.6) is 5.75 Å². The summed E-state index contributed by atoms with van der Waals surface area (Å²) < 4.78 is 36.1. The van der Waals surface area contributed by atoms with E-state index < -0.39 is 9.84 Å². The van der Waals surface area contributed by atoms with E-state index in [1.54, 1.807) is 24.3 Å². The van der Waals surface area contributed by atoms with E-state index >= 15 is 0 Å². The van der Waals surface area contributed by atoms with E-state index in [0.717, 1.165) is 12.1 Å². The Kier molecular flexibility index (Phi) is 5.18. The lowest BCUT2D eigenvalue weighted by atomic mass is 10.0. The lowest BCUT2D eigenvalue weighted by molar-refractivity contribution is -0.0441. The number of sulfone groups is 1. The van der Waals surface area contributed by atoms with Gasteiger partial charge in [-0.25, -0.2) is 8.42 Å². The lowest BCUT2D eigenvalue weighted by Gasteiger charge is -2.32. The Morgan fingerprint density at radius 2 is 1.83 bits per heavy atom. The monoisotopic (exact) mass is 347 g/mol. The molecule has 0 aromatic heterocycles. The van der Waals surface area contributed by atoms with Gasteiger partial charge in [0.05, 0.1) is 6.61 Å². The summed E-state index contributed by atoms with van der Waals surface area (Å²) in [4.78, 5) is 0.190. The Labute approximate surface area is 142 Å². The van der Waals surface area contributed by atoms with Crippen LogP contribution in [0.25, 0.3) is 0 Å². The molecule has 0 amide bonds. The summed E-state index contributed by atoms with van der Waals surface area (Å²) in [5.74, 6) is 0.350. The molecule has 1 N–H and O–H groups in total. The minimum atomic E-state index is -3.37. The summed E-state index contributed by atoms with van der Waals surface area (Å²) in [5.41, 5.74) is 0.953. The number of ether oxygens (including phenoxy) is 2. The van der Waals surface area contributed by atoms with Crippen molar-refractivity contribution in [2.24, 2.45) is 0 Å². The molecule has 2 aromatic carbocycles. The van der Waals surface area contributed by atoms with Crippen molar-refractivity contribution in [2.75, 3.05) is 26.0 Å². The number of hydrogen-bond donors (Lipinski definition) is 1. The maximum Gasteiger partial charge on any atom is 0.179 e. The first-order valence-electron chi connectivity index (χ1n) is 7.89. The van der Waals surface area contributed by atoms with Gasteiger partial charge in [0.2, 0.25) is 0 Å². The van der Waals surface area contributed by atoms with Gasteiger partial charge in [-0.3, -0.25) is 0 Å². The number of nitrogens with one attached hydrogen (secondary N) is 1. The topological polar surface area (TPSA) is 64.6 Å². The van der Waals surface area contributed by atoms with Crippen molar-refractivity contribution in [1.82, 2.24) is 5.32 Å². The molecule has 2 atom stereocenters. The van der Waals surface area contributed by atoms with Crippen LogP contribution in [0.4, 0.5) is 0 Å². The normalized spacial score (nSPS) is 19.6. The SMILES string of the molecule is CS(=O)(=O)c1ccccc1O[C@@H](c1ccccc1)C1CNCCO1. The molecule has 1 aliphatic rings. The molecular weight excluding hydrogens is 326 g/mol. The van der Waals surface area contributed by atoms with Crippen LogP contribution < -0.4 is 10.1 Å². The number of rotatable bonds is 5. The van der Waals surface area contributed by atoms with Crippen LogP contribution in [0.1, 0.15) is 11.7 Å². The van der Waals surface area contributed by atoms with Crippen molar-refractivity contribution in [3.05, 3.63) is 60.2 Å². The zero-order valence-electron chi connectivity index (χ0n) is 13.5. The lowest BCUT2D eigenvalue weighted by Crippen LogP contribution is -2.43. The molecule has 0 radical (unpaired) electrons. The highest BCUT2D eigenvalue weighted by molar-refractivity contribution is 7.90. The van der Waals surface area contributed by atoms with E-state index in [1.165, 1.54) is 6.26 Å². The quantitative estimate of drug-likeness (QED) is 0.898. The fraction of sp³-hybridized carbons (Fsp3) is 0.333. The molecule has 6 heteroatoms. The number of morpholine rings is 1. The fourth-order valence-corrected chi connectivity index (χ4v) is 3.58. The van der Waals surface area contributed by atoms with Crippen LogP contribution >= 0.6 is 0 Å². The Morgan fingerprint density at radius 3 is 2.50 bits per heavy atom. The Morgan fingerprint density at radius 1 is 1.12 bits per heavy atom. The van der Waals surface area contributed by atoms with Crippen molar-refractivity contribution in [1.29, 1.82) is 0 Å². The molecule has 0 bridgehead atoms. The minimum Gasteiger partial charge on any atom is -0.482 e. The van der Waals surface area contributed by atoms with Crippen molar-refractivity contribution >= 4 is 9.84 Å². The summed E-state index contributed by atoms with van der Waals surface area (Å²) >= 11 is 0. The third-order valence-corrected chi connectivity index (χ3v) is 5.06. The second-order valence-electron chi connectivity index (χ2n) is 5.78. The Bertz CT molecular complexity index is 771. The molecule has 1 aliphatic heterocycles. The van der Waals surface area contributed by atoms with Crippen LogP contribution in [0.3, 0.4) is 0 Å². The van der Waals surface area contributed by atoms with Gasteiger partial charge in [-0.05, 0) is 17.7 Å². The molecule has 128 valence electrons. The molecule has 1 saturated heterocycles. The van der Waals surface area contributed by atoms with Crippen LogP contribution in [-0.2, 0) is 14.6 Å². The average Bonchev–Trinajstić information content (AvgIpc) is 2.61. The molecule has 1 unspecified atom stereocenters. The number of hydrogen-bond acceptors (Lipinski definition) is 5. The predicted molar refractivity (Wildman–Crippen MR) is 92.0 cm³/mol. The highest BCUT2D eigenvalue weighted by atomic mass is 32.2. The molecule has 5 nitrogen and oxygen atoms in total. The van der Waals surface area contributed by atoms with Crippen molar-refractivity contribution in [3.63, 3.8) is 0 Å². The zero-order valence-corrected chi connectivity index (χ0v) is 14.3. The van der Waals surface area contributed by atoms with E-state index in [1.807, 2.05) is 30.3 Å². The van der Waals surface area contributed by atoms with Crippen LogP contribution in [0.15, 0.2) is 59.5 Å². The van der Waals surface area contributed by atoms with Crippen LogP contribution in [-0.4, -0.2) is 40.5 Å². The zero-order chi connectivity index (χ0) is 17.0. The summed E-state index contributed by atoms with van der Waals surface area (Å²) in [6, 6.07) is 16.4. The second kappa shape index (κ2) is 7.34. The number of para-hydroxylation sites is 1. The van der Waals surface area contributed by atoms with Crippen LogP contribution in [0, 0.1) is 0 Å². The largest absolute Gasteiger partial charge is 0.482 e. The molecule has 2 aromatic rings. The van der Waals surface area contributed by atoms with E-state index in [4.69, 9.17) is 9.47 Å². The fourth-order valence-electron chi connectivity index (χ4n) is 2.77. The first-order chi connectivity index (χ1) is 11.6. The summed E-state index contributed by atoms with van der Waals surface area (Å²) in [7, 11) is -3.37. The third-order valence-electron chi connectivity index (χ3n) is 3.92. The molecule has 1 heterocycles. The highest BCUT2D eigenvalue weighted by Gasteiger charge is 2.29. The first kappa shape index (κ1) is 17.0. The minimum absolute atomic E-state index is 0.186. The van der Waals surface area contributed by atoms with Gasteiger partial charge in [-0.2, -0.15) is 0 Å². The number of benzene rings is 2. The summed E-state index contributed by atoms with van der Waals surface area (Å²) in [6.45, 7) is 2.06. The molecule has 24 heavy (non-hydrogen) atoms. The Hall–Kier alpha value is -1.89. The molecule has 3 rings (SSSR count). The maximum absolute atomic E-state index is 12.0. The van der Waals surface area contributed by atoms with Gasteiger partial charge >= 0.3 is 0 Å². The maximum atomic E-state index is 12.0. The summed E-state index contributed by atoms with van der Waals surface area (Å²) in [5, 5.41) is 3.29. The van der Waals surface area contributed by atoms with Gasteiger partial charge in [0.15, 0.2) is 15.9 Å². The van der Waals surface area contributed by atoms with Gasteiger partial charge in [0.1, 0.15) is 16.7 Å². The second-order valence-corrected chi connectivity index (χ2v) is 7.77. The van der Waals surface area contributed by atoms with Crippen molar-refractivity contribution < 1.29 is 17.9 Å². The summed E-state index contributed by atoms with van der Waals surface area (Å²) in [6.07, 6.45) is 0.612. The van der Waals surface area contributed by atoms with Crippen LogP contribution in [0.2, 0.25) is 0 Å². The highest BCUT2D eigenvalue weighted by Crippen LogP contribution is 2.31. The van der Waals surface area contributed by atoms with E-state index in [-0.39, 0.29) is 17.1 Å². The molecule has 1 fully saturated rings. The van der Waals surface area contributed by atoms with Crippen molar-refractivity contribution in [2.45, 2.75) is 17.1 Å². The average molecular weight is 347 g/mol. The first-order valence-corrected chi connectivity index (χ1v) is 9.78. The molecule has 0 aliphatic carbocycles. The van der Waals surface area contributed by atoms with E-state index in [2.05, 4.69) is 5.32 Å². The third kappa shape index (κ3) is 3.95. The molecular formula is C18H21NO4S. The van der Waals surface area contributed by atoms with E-state index in [0.29, 0.717) is 18.9 Å². The van der Waals surface area contributed by atoms with Gasteiger partial charge in [0, 0.05) is 19.3 Å². The van der Waals surface area contributed by atoms with Crippen molar-refractivity contribution in [3.8, 4) is 5.75 Å². The van der Waals surface area contributed by atoms with Gasteiger partial charge < -0.3 is 14.8 Å². The molecule has 0 spiro atoms. The van der Waals surface area contributed by atoms with Gasteiger partial charge in [0.25, 0.3) is 0 Å². The Balaban J connectivity index is 1.96. The standard InChI is InChI=1S/C18H21NO4S/c1-24(20,21)17-10-6-5-9-15(17)23-18(14-7-3-2-4-8-14)16-13-19-11-12-22-16/h2-10,16,18-19H,11-13H2,1H3/t16?,18-/m0/s1. The van der Waals surface area contributed by atoms with Gasteiger partial charge in [-0.1, -0.05) is 42.5 Å². The predicted octanol–water partition coefficient (Wildman–Crippen LogP) is 2.20. The molecule has 0 saturated carbocycles. The van der Waals surface area contributed by atoms with Gasteiger partial charge in [-0.15, -0.1) is 0 Å².